The van der Waals surface area contributed by atoms with E-state index in [4.69, 9.17) is 10.8 Å². The molecule has 0 saturated heterocycles. The Labute approximate surface area is 49.7 Å². The molecular weight excluding hydrogens is 102 g/mol. The van der Waals surface area contributed by atoms with Crippen LogP contribution in [0.2, 0.25) is 0 Å². The van der Waals surface area contributed by atoms with E-state index in [0.29, 0.717) is 12.0 Å². The Morgan fingerprint density at radius 3 is 2.25 bits per heavy atom. The van der Waals surface area contributed by atoms with Gasteiger partial charge in [-0.1, -0.05) is 0 Å². The van der Waals surface area contributed by atoms with Gasteiger partial charge in [0.15, 0.2) is 0 Å². The maximum Gasteiger partial charge on any atom is 0.0436 e. The molecular formula is C6H13NO. The van der Waals surface area contributed by atoms with Crippen molar-refractivity contribution in [3.8, 4) is 0 Å². The van der Waals surface area contributed by atoms with E-state index in [2.05, 4.69) is 0 Å². The van der Waals surface area contributed by atoms with Crippen molar-refractivity contribution in [3.63, 3.8) is 0 Å². The average molecular weight is 115 g/mol. The summed E-state index contributed by atoms with van der Waals surface area (Å²) in [5, 5.41) is 8.52. The van der Waals surface area contributed by atoms with E-state index in [1.165, 1.54) is 12.8 Å². The third-order valence-electron chi connectivity index (χ3n) is 2.03. The first-order valence-corrected chi connectivity index (χ1v) is 3.14. The first-order chi connectivity index (χ1) is 3.83. The van der Waals surface area contributed by atoms with Crippen molar-refractivity contribution < 1.29 is 5.11 Å². The van der Waals surface area contributed by atoms with E-state index < -0.39 is 0 Å². The van der Waals surface area contributed by atoms with E-state index in [9.17, 15) is 0 Å². The van der Waals surface area contributed by atoms with Gasteiger partial charge in [-0.15, -0.1) is 0 Å². The summed E-state index contributed by atoms with van der Waals surface area (Å²) in [6.45, 7) is 1.06. The maximum atomic E-state index is 8.52. The summed E-state index contributed by atoms with van der Waals surface area (Å²) in [5.41, 5.74) is 5.81. The van der Waals surface area contributed by atoms with Crippen molar-refractivity contribution in [3.05, 3.63) is 0 Å². The summed E-state index contributed by atoms with van der Waals surface area (Å²) in [4.78, 5) is 0. The van der Waals surface area contributed by atoms with Gasteiger partial charge in [-0.2, -0.15) is 0 Å². The molecule has 2 nitrogen and oxygen atoms in total. The zero-order valence-corrected chi connectivity index (χ0v) is 5.06. The molecule has 0 aliphatic heterocycles. The zero-order valence-electron chi connectivity index (χ0n) is 5.06. The Hall–Kier alpha value is -0.0800. The zero-order chi connectivity index (χ0) is 6.04. The summed E-state index contributed by atoms with van der Waals surface area (Å²) in [6, 6.07) is 0. The fourth-order valence-corrected chi connectivity index (χ4v) is 0.970. The van der Waals surface area contributed by atoms with Crippen LogP contribution >= 0.6 is 0 Å². The van der Waals surface area contributed by atoms with Crippen LogP contribution in [-0.2, 0) is 0 Å². The SMILES string of the molecule is NCC1(CCO)CC1. The molecule has 0 heterocycles. The lowest BCUT2D eigenvalue weighted by atomic mass is 10.0. The highest BCUT2D eigenvalue weighted by Gasteiger charge is 2.39. The summed E-state index contributed by atoms with van der Waals surface area (Å²) < 4.78 is 0. The van der Waals surface area contributed by atoms with Crippen LogP contribution in [0.25, 0.3) is 0 Å². The molecule has 1 saturated carbocycles. The molecule has 0 atom stereocenters. The Bertz CT molecular complexity index is 78.6. The molecule has 1 fully saturated rings. The lowest BCUT2D eigenvalue weighted by molar-refractivity contribution is 0.251. The molecule has 0 aromatic rings. The van der Waals surface area contributed by atoms with Gasteiger partial charge in [0.25, 0.3) is 0 Å². The predicted octanol–water partition coefficient (Wildman–Crippen LogP) is 0.108. The van der Waals surface area contributed by atoms with Crippen molar-refractivity contribution in [1.29, 1.82) is 0 Å². The second-order valence-electron chi connectivity index (χ2n) is 2.68. The Kier molecular flexibility index (Phi) is 1.54. The van der Waals surface area contributed by atoms with Crippen LogP contribution < -0.4 is 5.73 Å². The van der Waals surface area contributed by atoms with Crippen LogP contribution in [0.3, 0.4) is 0 Å². The molecule has 8 heavy (non-hydrogen) atoms. The van der Waals surface area contributed by atoms with Gasteiger partial charge in [-0.25, -0.2) is 0 Å². The second kappa shape index (κ2) is 2.03. The van der Waals surface area contributed by atoms with Crippen LogP contribution in [0.15, 0.2) is 0 Å². The van der Waals surface area contributed by atoms with Crippen molar-refractivity contribution in [2.45, 2.75) is 19.3 Å². The number of aliphatic hydroxyl groups excluding tert-OH is 1. The second-order valence-corrected chi connectivity index (χ2v) is 2.68. The molecule has 2 heteroatoms. The largest absolute Gasteiger partial charge is 0.396 e. The third-order valence-corrected chi connectivity index (χ3v) is 2.03. The van der Waals surface area contributed by atoms with E-state index in [0.717, 1.165) is 13.0 Å². The fraction of sp³-hybridized carbons (Fsp3) is 1.00. The van der Waals surface area contributed by atoms with Crippen molar-refractivity contribution in [2.24, 2.45) is 11.1 Å². The maximum absolute atomic E-state index is 8.52. The monoisotopic (exact) mass is 115 g/mol. The lowest BCUT2D eigenvalue weighted by Crippen LogP contribution is -2.16. The van der Waals surface area contributed by atoms with Gasteiger partial charge in [0.1, 0.15) is 0 Å². The van der Waals surface area contributed by atoms with Crippen LogP contribution in [-0.4, -0.2) is 18.3 Å². The quantitative estimate of drug-likeness (QED) is 0.548. The van der Waals surface area contributed by atoms with E-state index in [1.54, 1.807) is 0 Å². The van der Waals surface area contributed by atoms with Gasteiger partial charge in [-0.3, -0.25) is 0 Å². The minimum atomic E-state index is 0.303. The molecule has 1 aliphatic carbocycles. The minimum Gasteiger partial charge on any atom is -0.396 e. The molecule has 0 unspecified atom stereocenters. The number of rotatable bonds is 3. The normalized spacial score (nSPS) is 23.2. The molecule has 3 N–H and O–H groups in total. The number of aliphatic hydroxyl groups is 1. The number of hydrogen-bond donors (Lipinski definition) is 2. The predicted molar refractivity (Wildman–Crippen MR) is 32.4 cm³/mol. The van der Waals surface area contributed by atoms with Gasteiger partial charge < -0.3 is 10.8 Å². The number of hydrogen-bond acceptors (Lipinski definition) is 2. The Morgan fingerprint density at radius 1 is 1.50 bits per heavy atom. The highest BCUT2D eigenvalue weighted by Crippen LogP contribution is 2.47. The average Bonchev–Trinajstić information content (AvgIpc) is 2.50. The Balaban J connectivity index is 2.20. The standard InChI is InChI=1S/C6H13NO/c7-5-6(1-2-6)3-4-8/h8H,1-5,7H2. The molecule has 0 amide bonds. The van der Waals surface area contributed by atoms with Crippen molar-refractivity contribution in [1.82, 2.24) is 0 Å². The third kappa shape index (κ3) is 1.01. The van der Waals surface area contributed by atoms with Crippen molar-refractivity contribution in [2.75, 3.05) is 13.2 Å². The molecule has 0 bridgehead atoms. The molecule has 0 aromatic heterocycles. The molecule has 1 rings (SSSR count). The van der Waals surface area contributed by atoms with Gasteiger partial charge in [0.05, 0.1) is 0 Å². The van der Waals surface area contributed by atoms with Crippen LogP contribution in [0.5, 0.6) is 0 Å². The molecule has 0 spiro atoms. The summed E-state index contributed by atoms with van der Waals surface area (Å²) >= 11 is 0. The molecule has 0 radical (unpaired) electrons. The van der Waals surface area contributed by atoms with Crippen LogP contribution in [0.1, 0.15) is 19.3 Å². The summed E-state index contributed by atoms with van der Waals surface area (Å²) in [6.07, 6.45) is 3.36. The first-order valence-electron chi connectivity index (χ1n) is 3.14. The first kappa shape index (κ1) is 6.05. The fourth-order valence-electron chi connectivity index (χ4n) is 0.970. The van der Waals surface area contributed by atoms with Crippen molar-refractivity contribution >= 4 is 0 Å². The highest BCUT2D eigenvalue weighted by molar-refractivity contribution is 4.93. The Morgan fingerprint density at radius 2 is 2.12 bits per heavy atom. The lowest BCUT2D eigenvalue weighted by Gasteiger charge is -2.07. The summed E-state index contributed by atoms with van der Waals surface area (Å²) in [7, 11) is 0. The van der Waals surface area contributed by atoms with Crippen LogP contribution in [0, 0.1) is 5.41 Å². The smallest absolute Gasteiger partial charge is 0.0436 e. The summed E-state index contributed by atoms with van der Waals surface area (Å²) in [5.74, 6) is 0. The van der Waals surface area contributed by atoms with E-state index in [1.807, 2.05) is 0 Å². The minimum absolute atomic E-state index is 0.303. The van der Waals surface area contributed by atoms with Gasteiger partial charge in [-0.05, 0) is 31.2 Å². The molecule has 1 aliphatic rings. The highest BCUT2D eigenvalue weighted by atomic mass is 16.3. The van der Waals surface area contributed by atoms with Crippen LogP contribution in [0.4, 0.5) is 0 Å². The number of nitrogens with two attached hydrogens (primary N) is 1. The van der Waals surface area contributed by atoms with Gasteiger partial charge in [0.2, 0.25) is 0 Å². The molecule has 48 valence electrons. The van der Waals surface area contributed by atoms with Gasteiger partial charge in [0, 0.05) is 6.61 Å². The van der Waals surface area contributed by atoms with Gasteiger partial charge >= 0.3 is 0 Å². The van der Waals surface area contributed by atoms with E-state index >= 15 is 0 Å². The van der Waals surface area contributed by atoms with E-state index in [-0.39, 0.29) is 0 Å². The molecule has 0 aromatic carbocycles. The topological polar surface area (TPSA) is 46.2 Å².